The molecule has 0 saturated heterocycles. The van der Waals surface area contributed by atoms with Crippen LogP contribution in [0.3, 0.4) is 0 Å². The quantitative estimate of drug-likeness (QED) is 0.631. The first-order valence-electron chi connectivity index (χ1n) is 5.67. The van der Waals surface area contributed by atoms with Gasteiger partial charge in [0.15, 0.2) is 0 Å². The first kappa shape index (κ1) is 14.8. The number of halogens is 1. The normalized spacial score (nSPS) is 16.3. The molecule has 18 heavy (non-hydrogen) atoms. The second-order valence-electron chi connectivity index (χ2n) is 5.20. The van der Waals surface area contributed by atoms with Crippen LogP contribution in [0, 0.1) is 5.92 Å². The molecular formula is C11H17ClN2O4. The van der Waals surface area contributed by atoms with Crippen LogP contribution < -0.4 is 0 Å². The molecule has 1 fully saturated rings. The average molecular weight is 277 g/mol. The Balaban J connectivity index is 2.73. The number of ether oxygens (including phenoxy) is 1. The van der Waals surface area contributed by atoms with Gasteiger partial charge in [-0.2, -0.15) is 5.01 Å². The van der Waals surface area contributed by atoms with Crippen molar-refractivity contribution in [2.24, 2.45) is 11.0 Å². The van der Waals surface area contributed by atoms with Crippen molar-refractivity contribution in [3.05, 3.63) is 0 Å². The highest BCUT2D eigenvalue weighted by Gasteiger charge is 2.30. The van der Waals surface area contributed by atoms with Gasteiger partial charge in [0.2, 0.25) is 5.17 Å². The van der Waals surface area contributed by atoms with E-state index in [1.165, 1.54) is 0 Å². The Hall–Kier alpha value is -1.30. The Bertz CT molecular complexity index is 372. The molecule has 1 rings (SSSR count). The molecule has 1 aliphatic rings. The molecule has 7 heteroatoms. The van der Waals surface area contributed by atoms with E-state index in [9.17, 15) is 9.59 Å². The third-order valence-electron chi connectivity index (χ3n) is 2.12. The highest BCUT2D eigenvalue weighted by molar-refractivity contribution is 6.81. The molecule has 0 unspecified atom stereocenters. The lowest BCUT2D eigenvalue weighted by molar-refractivity contribution is -0.129. The average Bonchev–Trinajstić information content (AvgIpc) is 2.97. The molecule has 0 aromatic heterocycles. The summed E-state index contributed by atoms with van der Waals surface area (Å²) in [7, 11) is 0. The van der Waals surface area contributed by atoms with Crippen molar-refractivity contribution in [3.63, 3.8) is 0 Å². The molecule has 0 radical (unpaired) electrons. The maximum absolute atomic E-state index is 11.8. The van der Waals surface area contributed by atoms with Gasteiger partial charge in [0, 0.05) is 0 Å². The number of hydrogen-bond donors (Lipinski definition) is 1. The van der Waals surface area contributed by atoms with Crippen LogP contribution >= 0.6 is 11.6 Å². The molecule has 0 aromatic rings. The molecule has 1 aliphatic carbocycles. The minimum Gasteiger partial charge on any atom is -0.476 e. The lowest BCUT2D eigenvalue weighted by Gasteiger charge is -2.24. The highest BCUT2D eigenvalue weighted by atomic mass is 35.5. The van der Waals surface area contributed by atoms with Gasteiger partial charge in [0.05, 0.1) is 6.54 Å². The number of carbonyl (C=O) groups is 2. The number of hydrogen-bond acceptors (Lipinski definition) is 4. The van der Waals surface area contributed by atoms with E-state index in [0.29, 0.717) is 12.5 Å². The highest BCUT2D eigenvalue weighted by Crippen LogP contribution is 2.30. The number of aliphatic carboxylic acids is 1. The zero-order valence-corrected chi connectivity index (χ0v) is 11.4. The number of nitrogens with zero attached hydrogens (tertiary/aromatic N) is 2. The third kappa shape index (κ3) is 5.35. The Labute approximate surface area is 111 Å². The van der Waals surface area contributed by atoms with Gasteiger partial charge in [-0.25, -0.2) is 9.59 Å². The van der Waals surface area contributed by atoms with E-state index < -0.39 is 22.8 Å². The first-order valence-corrected chi connectivity index (χ1v) is 6.05. The van der Waals surface area contributed by atoms with Crippen LogP contribution in [0.5, 0.6) is 0 Å². The Morgan fingerprint density at radius 3 is 2.39 bits per heavy atom. The number of carbonyl (C=O) groups excluding carboxylic acids is 1. The molecule has 102 valence electrons. The number of carboxylic acid groups (broad SMARTS) is 1. The first-order chi connectivity index (χ1) is 8.19. The fourth-order valence-electron chi connectivity index (χ4n) is 1.16. The van der Waals surface area contributed by atoms with E-state index in [4.69, 9.17) is 21.4 Å². The van der Waals surface area contributed by atoms with Crippen molar-refractivity contribution in [1.82, 2.24) is 5.01 Å². The lowest BCUT2D eigenvalue weighted by atomic mass is 10.2. The van der Waals surface area contributed by atoms with Crippen molar-refractivity contribution in [1.29, 1.82) is 0 Å². The number of carboxylic acids is 1. The van der Waals surface area contributed by atoms with E-state index in [2.05, 4.69) is 5.10 Å². The molecule has 0 bridgehead atoms. The number of rotatable bonds is 4. The van der Waals surface area contributed by atoms with Crippen molar-refractivity contribution in [2.75, 3.05) is 6.54 Å². The minimum absolute atomic E-state index is 0.332. The Morgan fingerprint density at radius 2 is 2.00 bits per heavy atom. The van der Waals surface area contributed by atoms with Gasteiger partial charge in [0.1, 0.15) is 5.60 Å². The predicted molar refractivity (Wildman–Crippen MR) is 66.6 cm³/mol. The van der Waals surface area contributed by atoms with Gasteiger partial charge < -0.3 is 9.84 Å². The van der Waals surface area contributed by atoms with Crippen molar-refractivity contribution in [3.8, 4) is 0 Å². The fourth-order valence-corrected chi connectivity index (χ4v) is 1.26. The van der Waals surface area contributed by atoms with Crippen LogP contribution in [-0.2, 0) is 9.53 Å². The van der Waals surface area contributed by atoms with Gasteiger partial charge in [-0.15, -0.1) is 5.10 Å². The zero-order chi connectivity index (χ0) is 13.9. The van der Waals surface area contributed by atoms with Crippen LogP contribution in [0.4, 0.5) is 4.79 Å². The van der Waals surface area contributed by atoms with Crippen LogP contribution in [-0.4, -0.2) is 39.5 Å². The second-order valence-corrected chi connectivity index (χ2v) is 5.56. The van der Waals surface area contributed by atoms with Gasteiger partial charge in [0.25, 0.3) is 0 Å². The summed E-state index contributed by atoms with van der Waals surface area (Å²) in [6.07, 6.45) is 1.31. The van der Waals surface area contributed by atoms with E-state index in [1.807, 2.05) is 0 Å². The SMILES string of the molecule is CC(C)(C)OC(=O)N(CC1CC1)N=C(Cl)C(=O)O. The Morgan fingerprint density at radius 1 is 1.44 bits per heavy atom. The summed E-state index contributed by atoms with van der Waals surface area (Å²) in [4.78, 5) is 22.4. The lowest BCUT2D eigenvalue weighted by Crippen LogP contribution is -2.35. The van der Waals surface area contributed by atoms with E-state index in [0.717, 1.165) is 17.9 Å². The van der Waals surface area contributed by atoms with Crippen molar-refractivity contribution in [2.45, 2.75) is 39.2 Å². The smallest absolute Gasteiger partial charge is 0.430 e. The molecule has 0 aromatic carbocycles. The van der Waals surface area contributed by atoms with Crippen LogP contribution in [0.15, 0.2) is 5.10 Å². The molecule has 0 heterocycles. The summed E-state index contributed by atoms with van der Waals surface area (Å²) in [6, 6.07) is 0. The largest absolute Gasteiger partial charge is 0.476 e. The third-order valence-corrected chi connectivity index (χ3v) is 2.35. The standard InChI is InChI=1S/C11H17ClN2O4/c1-11(2,3)18-10(17)14(6-7-4-5-7)13-8(12)9(15)16/h7H,4-6H2,1-3H3,(H,15,16). The Kier molecular flexibility index (Phi) is 4.56. The van der Waals surface area contributed by atoms with Crippen LogP contribution in [0.2, 0.25) is 0 Å². The van der Waals surface area contributed by atoms with E-state index in [1.54, 1.807) is 20.8 Å². The minimum atomic E-state index is -1.37. The predicted octanol–water partition coefficient (Wildman–Crippen LogP) is 2.27. The topological polar surface area (TPSA) is 79.2 Å². The van der Waals surface area contributed by atoms with Crippen molar-refractivity contribution < 1.29 is 19.4 Å². The monoisotopic (exact) mass is 276 g/mol. The zero-order valence-electron chi connectivity index (χ0n) is 10.6. The summed E-state index contributed by atoms with van der Waals surface area (Å²) in [5.74, 6) is -1.03. The van der Waals surface area contributed by atoms with Gasteiger partial charge in [-0.1, -0.05) is 11.6 Å². The maximum atomic E-state index is 11.8. The summed E-state index contributed by atoms with van der Waals surface area (Å²) >= 11 is 5.43. The summed E-state index contributed by atoms with van der Waals surface area (Å²) in [5.41, 5.74) is -0.663. The van der Waals surface area contributed by atoms with E-state index >= 15 is 0 Å². The molecule has 1 N–H and O–H groups in total. The van der Waals surface area contributed by atoms with Crippen LogP contribution in [0.25, 0.3) is 0 Å². The second kappa shape index (κ2) is 5.56. The summed E-state index contributed by atoms with van der Waals surface area (Å²) in [6.45, 7) is 5.51. The number of hydrazone groups is 1. The molecule has 0 atom stereocenters. The summed E-state index contributed by atoms with van der Waals surface area (Å²) in [5, 5.41) is 12.6. The molecular weight excluding hydrogens is 260 g/mol. The van der Waals surface area contributed by atoms with Crippen LogP contribution in [0.1, 0.15) is 33.6 Å². The van der Waals surface area contributed by atoms with E-state index in [-0.39, 0.29) is 0 Å². The molecule has 0 spiro atoms. The van der Waals surface area contributed by atoms with Gasteiger partial charge in [-0.3, -0.25) is 0 Å². The maximum Gasteiger partial charge on any atom is 0.430 e. The fraction of sp³-hybridized carbons (Fsp3) is 0.727. The molecule has 1 saturated carbocycles. The summed E-state index contributed by atoms with van der Waals surface area (Å²) < 4.78 is 5.14. The molecule has 0 aliphatic heterocycles. The van der Waals surface area contributed by atoms with Gasteiger partial charge >= 0.3 is 12.1 Å². The molecule has 6 nitrogen and oxygen atoms in total. The molecule has 1 amide bonds. The van der Waals surface area contributed by atoms with Crippen molar-refractivity contribution >= 4 is 28.8 Å². The van der Waals surface area contributed by atoms with Gasteiger partial charge in [-0.05, 0) is 39.5 Å². The number of amides is 1.